The van der Waals surface area contributed by atoms with Crippen LogP contribution in [0.15, 0.2) is 30.9 Å². The monoisotopic (exact) mass is 312 g/mol. The molecule has 1 N–H and O–H groups in total. The highest BCUT2D eigenvalue weighted by Gasteiger charge is 2.30. The van der Waals surface area contributed by atoms with E-state index in [1.54, 1.807) is 18.7 Å². The van der Waals surface area contributed by atoms with Crippen molar-refractivity contribution in [2.45, 2.75) is 24.9 Å². The van der Waals surface area contributed by atoms with Gasteiger partial charge in [-0.1, -0.05) is 0 Å². The van der Waals surface area contributed by atoms with Crippen LogP contribution in [0.2, 0.25) is 0 Å². The van der Waals surface area contributed by atoms with Gasteiger partial charge in [0.25, 0.3) is 0 Å². The van der Waals surface area contributed by atoms with Crippen molar-refractivity contribution in [3.05, 3.63) is 36.5 Å². The molecule has 7 nitrogen and oxygen atoms in total. The minimum absolute atomic E-state index is 0.159. The number of aliphatic hydroxyl groups excluding tert-OH is 1. The Balaban J connectivity index is 1.41. The van der Waals surface area contributed by atoms with Crippen LogP contribution in [0.25, 0.3) is 0 Å². The second-order valence-electron chi connectivity index (χ2n) is 6.15. The van der Waals surface area contributed by atoms with E-state index in [0.717, 1.165) is 56.5 Å². The minimum atomic E-state index is -0.159. The normalized spacial score (nSPS) is 24.4. The summed E-state index contributed by atoms with van der Waals surface area (Å²) >= 11 is 0. The van der Waals surface area contributed by atoms with Crippen LogP contribution in [0.5, 0.6) is 0 Å². The summed E-state index contributed by atoms with van der Waals surface area (Å²) in [4.78, 5) is 21.9. The lowest BCUT2D eigenvalue weighted by molar-refractivity contribution is 0.0732. The van der Waals surface area contributed by atoms with Crippen molar-refractivity contribution >= 4 is 11.8 Å². The summed E-state index contributed by atoms with van der Waals surface area (Å²) in [5, 5.41) is 9.46. The van der Waals surface area contributed by atoms with Crippen LogP contribution in [-0.4, -0.2) is 57.3 Å². The summed E-state index contributed by atoms with van der Waals surface area (Å²) in [6, 6.07) is 3.91. The molecule has 7 heteroatoms. The van der Waals surface area contributed by atoms with Crippen LogP contribution in [0.1, 0.15) is 24.5 Å². The third-order valence-corrected chi connectivity index (χ3v) is 4.64. The summed E-state index contributed by atoms with van der Waals surface area (Å²) in [6.07, 6.45) is 6.66. The predicted molar refractivity (Wildman–Crippen MR) is 86.5 cm³/mol. The first-order valence-electron chi connectivity index (χ1n) is 8.06. The van der Waals surface area contributed by atoms with Crippen molar-refractivity contribution in [1.29, 1.82) is 0 Å². The first kappa shape index (κ1) is 14.3. The molecule has 1 saturated carbocycles. The third-order valence-electron chi connectivity index (χ3n) is 4.64. The van der Waals surface area contributed by atoms with Gasteiger partial charge in [0.05, 0.1) is 6.10 Å². The topological polar surface area (TPSA) is 78.3 Å². The van der Waals surface area contributed by atoms with Gasteiger partial charge in [-0.3, -0.25) is 0 Å². The molecule has 0 radical (unpaired) electrons. The molecule has 0 bridgehead atoms. The molecule has 4 rings (SSSR count). The molecule has 0 unspecified atom stereocenters. The van der Waals surface area contributed by atoms with E-state index in [0.29, 0.717) is 5.92 Å². The van der Waals surface area contributed by atoms with Gasteiger partial charge in [-0.25, -0.2) is 19.9 Å². The molecule has 3 heterocycles. The SMILES string of the molecule is OC1CC(c2cc(N3CCN(c4ncccn4)CC3)ncn2)C1. The molecule has 1 saturated heterocycles. The van der Waals surface area contributed by atoms with Crippen molar-refractivity contribution in [3.8, 4) is 0 Å². The third kappa shape index (κ3) is 2.96. The zero-order valence-corrected chi connectivity index (χ0v) is 12.9. The Hall–Kier alpha value is -2.28. The van der Waals surface area contributed by atoms with Gasteiger partial charge in [-0.2, -0.15) is 0 Å². The maximum atomic E-state index is 9.46. The Morgan fingerprint density at radius 1 is 0.913 bits per heavy atom. The van der Waals surface area contributed by atoms with E-state index >= 15 is 0 Å². The van der Waals surface area contributed by atoms with Gasteiger partial charge in [0.1, 0.15) is 12.1 Å². The van der Waals surface area contributed by atoms with Crippen molar-refractivity contribution < 1.29 is 5.11 Å². The second kappa shape index (κ2) is 6.08. The van der Waals surface area contributed by atoms with Crippen LogP contribution in [-0.2, 0) is 0 Å². The first-order chi connectivity index (χ1) is 11.3. The van der Waals surface area contributed by atoms with Crippen LogP contribution in [0, 0.1) is 0 Å². The molecule has 23 heavy (non-hydrogen) atoms. The van der Waals surface area contributed by atoms with Crippen LogP contribution >= 0.6 is 0 Å². The van der Waals surface area contributed by atoms with E-state index in [-0.39, 0.29) is 6.10 Å². The molecule has 120 valence electrons. The molecular formula is C16H20N6O. The number of hydrogen-bond acceptors (Lipinski definition) is 7. The van der Waals surface area contributed by atoms with Gasteiger partial charge < -0.3 is 14.9 Å². The highest BCUT2D eigenvalue weighted by molar-refractivity contribution is 5.43. The van der Waals surface area contributed by atoms with Gasteiger partial charge >= 0.3 is 0 Å². The van der Waals surface area contributed by atoms with E-state index in [9.17, 15) is 5.11 Å². The highest BCUT2D eigenvalue weighted by Crippen LogP contribution is 2.36. The molecule has 2 aromatic heterocycles. The molecule has 2 aliphatic rings. The lowest BCUT2D eigenvalue weighted by Gasteiger charge is -2.36. The number of anilines is 2. The molecule has 2 aromatic rings. The Bertz CT molecular complexity index is 653. The van der Waals surface area contributed by atoms with Crippen molar-refractivity contribution in [2.24, 2.45) is 0 Å². The smallest absolute Gasteiger partial charge is 0.225 e. The molecule has 0 aromatic carbocycles. The Morgan fingerprint density at radius 3 is 2.30 bits per heavy atom. The fourth-order valence-electron chi connectivity index (χ4n) is 3.18. The molecule has 2 fully saturated rings. The number of rotatable bonds is 3. The zero-order valence-electron chi connectivity index (χ0n) is 12.9. The molecule has 0 spiro atoms. The van der Waals surface area contributed by atoms with Gasteiger partial charge in [-0.05, 0) is 18.9 Å². The maximum Gasteiger partial charge on any atom is 0.225 e. The van der Waals surface area contributed by atoms with Gasteiger partial charge in [0.15, 0.2) is 0 Å². The Morgan fingerprint density at radius 2 is 1.61 bits per heavy atom. The Labute approximate surface area is 135 Å². The van der Waals surface area contributed by atoms with Gasteiger partial charge in [-0.15, -0.1) is 0 Å². The summed E-state index contributed by atoms with van der Waals surface area (Å²) in [6.45, 7) is 3.54. The fourth-order valence-corrected chi connectivity index (χ4v) is 3.18. The summed E-state index contributed by atoms with van der Waals surface area (Å²) < 4.78 is 0. The number of aliphatic hydroxyl groups is 1. The van der Waals surface area contributed by atoms with Gasteiger partial charge in [0, 0.05) is 56.3 Å². The van der Waals surface area contributed by atoms with Crippen LogP contribution in [0.4, 0.5) is 11.8 Å². The van der Waals surface area contributed by atoms with Gasteiger partial charge in [0.2, 0.25) is 5.95 Å². The van der Waals surface area contributed by atoms with E-state index in [1.165, 1.54) is 0 Å². The number of piperazine rings is 1. The molecule has 0 amide bonds. The summed E-state index contributed by atoms with van der Waals surface area (Å²) in [5.74, 6) is 2.15. The predicted octanol–water partition coefficient (Wildman–Crippen LogP) is 0.831. The number of hydrogen-bond donors (Lipinski definition) is 1. The van der Waals surface area contributed by atoms with Crippen LogP contribution in [0.3, 0.4) is 0 Å². The van der Waals surface area contributed by atoms with E-state index in [1.807, 2.05) is 6.07 Å². The average molecular weight is 312 g/mol. The lowest BCUT2D eigenvalue weighted by Crippen LogP contribution is -2.47. The Kier molecular flexibility index (Phi) is 3.78. The highest BCUT2D eigenvalue weighted by atomic mass is 16.3. The number of nitrogens with zero attached hydrogens (tertiary/aromatic N) is 6. The standard InChI is InChI=1S/C16H20N6O/c23-13-8-12(9-13)14-10-15(20-11-19-14)21-4-6-22(7-5-21)16-17-2-1-3-18-16/h1-3,10-13,23H,4-9H2. The summed E-state index contributed by atoms with van der Waals surface area (Å²) in [7, 11) is 0. The largest absolute Gasteiger partial charge is 0.393 e. The quantitative estimate of drug-likeness (QED) is 0.899. The van der Waals surface area contributed by atoms with Crippen LogP contribution < -0.4 is 9.80 Å². The maximum absolute atomic E-state index is 9.46. The second-order valence-corrected chi connectivity index (χ2v) is 6.15. The lowest BCUT2D eigenvalue weighted by atomic mass is 9.80. The minimum Gasteiger partial charge on any atom is -0.393 e. The van der Waals surface area contributed by atoms with E-state index in [2.05, 4.69) is 35.8 Å². The molecule has 1 aliphatic heterocycles. The first-order valence-corrected chi connectivity index (χ1v) is 8.06. The molecule has 1 aliphatic carbocycles. The van der Waals surface area contributed by atoms with E-state index in [4.69, 9.17) is 0 Å². The van der Waals surface area contributed by atoms with Crippen molar-refractivity contribution in [2.75, 3.05) is 36.0 Å². The molecule has 0 atom stereocenters. The molecular weight excluding hydrogens is 292 g/mol. The van der Waals surface area contributed by atoms with E-state index < -0.39 is 0 Å². The zero-order chi connectivity index (χ0) is 15.6. The van der Waals surface area contributed by atoms with Crippen molar-refractivity contribution in [1.82, 2.24) is 19.9 Å². The summed E-state index contributed by atoms with van der Waals surface area (Å²) in [5.41, 5.74) is 1.05. The van der Waals surface area contributed by atoms with Crippen molar-refractivity contribution in [3.63, 3.8) is 0 Å². The average Bonchev–Trinajstić information content (AvgIpc) is 2.60. The fraction of sp³-hybridized carbons (Fsp3) is 0.500. The number of aromatic nitrogens is 4.